The van der Waals surface area contributed by atoms with Crippen LogP contribution in [0.15, 0.2) is 30.3 Å². The summed E-state index contributed by atoms with van der Waals surface area (Å²) >= 11 is 0. The second kappa shape index (κ2) is 7.71. The fourth-order valence-corrected chi connectivity index (χ4v) is 3.45. The molecule has 116 valence electrons. The number of carbonyl (C=O) groups is 1. The molecule has 0 saturated heterocycles. The minimum atomic E-state index is -0.510. The third-order valence-electron chi connectivity index (χ3n) is 4.72. The Bertz CT molecular complexity index is 443. The summed E-state index contributed by atoms with van der Waals surface area (Å²) in [6.07, 6.45) is 3.22. The number of aliphatic hydroxyl groups is 2. The van der Waals surface area contributed by atoms with Gasteiger partial charge in [0.1, 0.15) is 5.78 Å². The van der Waals surface area contributed by atoms with Crippen LogP contribution in [0, 0.1) is 11.8 Å². The molecular formula is C18H26O3. The van der Waals surface area contributed by atoms with Crippen molar-refractivity contribution in [3.05, 3.63) is 35.9 Å². The number of carbonyl (C=O) groups excluding carboxylic acids is 1. The van der Waals surface area contributed by atoms with Crippen LogP contribution in [0.1, 0.15) is 44.6 Å². The Morgan fingerprint density at radius 2 is 1.95 bits per heavy atom. The highest BCUT2D eigenvalue weighted by Gasteiger charge is 2.39. The van der Waals surface area contributed by atoms with Crippen LogP contribution >= 0.6 is 0 Å². The summed E-state index contributed by atoms with van der Waals surface area (Å²) in [5, 5.41) is 20.1. The van der Waals surface area contributed by atoms with Gasteiger partial charge in [-0.25, -0.2) is 0 Å². The second-order valence-electron chi connectivity index (χ2n) is 6.17. The van der Waals surface area contributed by atoms with E-state index in [4.69, 9.17) is 0 Å². The fourth-order valence-electron chi connectivity index (χ4n) is 3.45. The molecular weight excluding hydrogens is 264 g/mol. The summed E-state index contributed by atoms with van der Waals surface area (Å²) in [6, 6.07) is 10.1. The smallest absolute Gasteiger partial charge is 0.138 e. The van der Waals surface area contributed by atoms with Crippen LogP contribution < -0.4 is 0 Å². The zero-order valence-corrected chi connectivity index (χ0v) is 12.7. The monoisotopic (exact) mass is 290 g/mol. The van der Waals surface area contributed by atoms with E-state index in [-0.39, 0.29) is 23.7 Å². The van der Waals surface area contributed by atoms with Gasteiger partial charge in [0.15, 0.2) is 0 Å². The molecule has 0 unspecified atom stereocenters. The molecule has 1 aromatic rings. The summed E-state index contributed by atoms with van der Waals surface area (Å²) in [6.45, 7) is 2.00. The molecule has 0 amide bonds. The van der Waals surface area contributed by atoms with Crippen LogP contribution in [0.3, 0.4) is 0 Å². The second-order valence-corrected chi connectivity index (χ2v) is 6.17. The molecule has 1 saturated carbocycles. The van der Waals surface area contributed by atoms with E-state index in [1.807, 2.05) is 25.1 Å². The molecule has 3 heteroatoms. The Balaban J connectivity index is 1.76. The summed E-state index contributed by atoms with van der Waals surface area (Å²) in [7, 11) is 0. The predicted molar refractivity (Wildman–Crippen MR) is 82.9 cm³/mol. The van der Waals surface area contributed by atoms with Crippen molar-refractivity contribution >= 4 is 5.78 Å². The van der Waals surface area contributed by atoms with Crippen molar-refractivity contribution in [1.29, 1.82) is 0 Å². The van der Waals surface area contributed by atoms with Crippen molar-refractivity contribution in [2.75, 3.05) is 0 Å². The molecule has 1 fully saturated rings. The number of ketones is 1. The van der Waals surface area contributed by atoms with E-state index in [0.29, 0.717) is 12.8 Å². The number of Topliss-reactive ketones (excluding diaryl/α,β-unsaturated/α-hetero) is 1. The normalized spacial score (nSPS) is 27.0. The van der Waals surface area contributed by atoms with Crippen molar-refractivity contribution in [3.8, 4) is 0 Å². The van der Waals surface area contributed by atoms with Gasteiger partial charge < -0.3 is 10.2 Å². The average Bonchev–Trinajstić information content (AvgIpc) is 2.77. The lowest BCUT2D eigenvalue weighted by molar-refractivity contribution is -0.121. The molecule has 2 N–H and O–H groups in total. The number of aryl methyl sites for hydroxylation is 1. The van der Waals surface area contributed by atoms with Gasteiger partial charge in [-0.1, -0.05) is 37.3 Å². The quantitative estimate of drug-likeness (QED) is 0.812. The van der Waals surface area contributed by atoms with E-state index in [0.717, 1.165) is 25.7 Å². The van der Waals surface area contributed by atoms with Crippen molar-refractivity contribution in [3.63, 3.8) is 0 Å². The lowest BCUT2D eigenvalue weighted by atomic mass is 9.86. The van der Waals surface area contributed by atoms with Crippen molar-refractivity contribution in [2.45, 2.75) is 57.7 Å². The molecule has 4 atom stereocenters. The molecule has 0 radical (unpaired) electrons. The lowest BCUT2D eigenvalue weighted by Gasteiger charge is -2.21. The van der Waals surface area contributed by atoms with Crippen molar-refractivity contribution < 1.29 is 15.0 Å². The molecule has 1 aromatic carbocycles. The molecule has 2 rings (SSSR count). The summed E-state index contributed by atoms with van der Waals surface area (Å²) in [5.74, 6) is 0.212. The van der Waals surface area contributed by atoms with Gasteiger partial charge in [-0.15, -0.1) is 0 Å². The lowest BCUT2D eigenvalue weighted by Crippen LogP contribution is -2.22. The van der Waals surface area contributed by atoms with Crippen LogP contribution in [0.25, 0.3) is 0 Å². The van der Waals surface area contributed by atoms with E-state index < -0.39 is 6.10 Å². The Hall–Kier alpha value is -1.19. The number of hydrogen-bond acceptors (Lipinski definition) is 3. The molecule has 0 bridgehead atoms. The first-order chi connectivity index (χ1) is 10.1. The van der Waals surface area contributed by atoms with Gasteiger partial charge in [-0.3, -0.25) is 4.79 Å². The number of hydrogen-bond donors (Lipinski definition) is 2. The van der Waals surface area contributed by atoms with E-state index in [9.17, 15) is 15.0 Å². The maximum Gasteiger partial charge on any atom is 0.138 e. The molecule has 0 spiro atoms. The molecule has 1 aliphatic carbocycles. The van der Waals surface area contributed by atoms with E-state index in [1.54, 1.807) is 0 Å². The van der Waals surface area contributed by atoms with Crippen molar-refractivity contribution in [1.82, 2.24) is 0 Å². The first kappa shape index (κ1) is 16.2. The third-order valence-corrected chi connectivity index (χ3v) is 4.72. The summed E-state index contributed by atoms with van der Waals surface area (Å²) in [4.78, 5) is 11.8. The minimum Gasteiger partial charge on any atom is -0.393 e. The molecule has 0 aliphatic heterocycles. The maximum atomic E-state index is 11.8. The van der Waals surface area contributed by atoms with Crippen LogP contribution in [0.5, 0.6) is 0 Å². The molecule has 1 aliphatic rings. The summed E-state index contributed by atoms with van der Waals surface area (Å²) < 4.78 is 0. The van der Waals surface area contributed by atoms with Crippen LogP contribution in [0.4, 0.5) is 0 Å². The third kappa shape index (κ3) is 4.39. The molecule has 0 heterocycles. The highest BCUT2D eigenvalue weighted by molar-refractivity contribution is 5.84. The van der Waals surface area contributed by atoms with Gasteiger partial charge in [0.2, 0.25) is 0 Å². The zero-order valence-electron chi connectivity index (χ0n) is 12.7. The van der Waals surface area contributed by atoms with Gasteiger partial charge in [0.05, 0.1) is 12.2 Å². The fraction of sp³-hybridized carbons (Fsp3) is 0.611. The highest BCUT2D eigenvalue weighted by Crippen LogP contribution is 2.35. The Morgan fingerprint density at radius 3 is 2.62 bits per heavy atom. The Labute approximate surface area is 127 Å². The van der Waals surface area contributed by atoms with Gasteiger partial charge >= 0.3 is 0 Å². The minimum absolute atomic E-state index is 0.0127. The molecule has 21 heavy (non-hydrogen) atoms. The van der Waals surface area contributed by atoms with Crippen LogP contribution in [0.2, 0.25) is 0 Å². The zero-order chi connectivity index (χ0) is 15.2. The van der Waals surface area contributed by atoms with Crippen LogP contribution in [-0.4, -0.2) is 28.2 Å². The molecule has 3 nitrogen and oxygen atoms in total. The largest absolute Gasteiger partial charge is 0.393 e. The van der Waals surface area contributed by atoms with E-state index in [1.165, 1.54) is 5.56 Å². The topological polar surface area (TPSA) is 57.5 Å². The Morgan fingerprint density at radius 1 is 1.24 bits per heavy atom. The Kier molecular flexibility index (Phi) is 5.95. The molecule has 0 aromatic heterocycles. The van der Waals surface area contributed by atoms with E-state index in [2.05, 4.69) is 12.1 Å². The van der Waals surface area contributed by atoms with Gasteiger partial charge in [-0.05, 0) is 43.6 Å². The van der Waals surface area contributed by atoms with Crippen LogP contribution in [-0.2, 0) is 11.2 Å². The number of rotatable bonds is 7. The SMILES string of the molecule is CC[C@H]1C(=O)C[C@@H](O)[C@@H]1CC[C@@H](O)CCc1ccccc1. The number of aliphatic hydroxyl groups excluding tert-OH is 2. The average molecular weight is 290 g/mol. The standard InChI is InChI=1S/C18H26O3/c1-2-15-16(18(21)12-17(15)20)11-10-14(19)9-8-13-6-4-3-5-7-13/h3-7,14-16,18-19,21H,2,8-12H2,1H3/t14-,15+,16+,18+/m0/s1. The van der Waals surface area contributed by atoms with Gasteiger partial charge in [0, 0.05) is 12.3 Å². The van der Waals surface area contributed by atoms with Gasteiger partial charge in [0.25, 0.3) is 0 Å². The highest BCUT2D eigenvalue weighted by atomic mass is 16.3. The summed E-state index contributed by atoms with van der Waals surface area (Å²) in [5.41, 5.74) is 1.24. The predicted octanol–water partition coefficient (Wildman–Crippen LogP) is 2.74. The number of benzene rings is 1. The first-order valence-corrected chi connectivity index (χ1v) is 8.04. The first-order valence-electron chi connectivity index (χ1n) is 8.04. The van der Waals surface area contributed by atoms with Crippen molar-refractivity contribution in [2.24, 2.45) is 11.8 Å². The maximum absolute atomic E-state index is 11.8. The van der Waals surface area contributed by atoms with Gasteiger partial charge in [-0.2, -0.15) is 0 Å². The van der Waals surface area contributed by atoms with E-state index >= 15 is 0 Å².